The van der Waals surface area contributed by atoms with Crippen LogP contribution in [0.3, 0.4) is 0 Å². The Hall–Kier alpha value is -0.120. The summed E-state index contributed by atoms with van der Waals surface area (Å²) < 4.78 is 0. The smallest absolute Gasteiger partial charge is 0.0335 e. The summed E-state index contributed by atoms with van der Waals surface area (Å²) >= 11 is 0. The molecule has 0 heterocycles. The second-order valence-electron chi connectivity index (χ2n) is 6.24. The SMILES string of the molecule is CCCN(CCN(C)C)C1(CN)CCC(CC)C1. The molecule has 1 aliphatic carbocycles. The summed E-state index contributed by atoms with van der Waals surface area (Å²) in [5.74, 6) is 0.896. The van der Waals surface area contributed by atoms with E-state index in [1.807, 2.05) is 0 Å². The van der Waals surface area contributed by atoms with E-state index in [4.69, 9.17) is 5.73 Å². The topological polar surface area (TPSA) is 32.5 Å². The van der Waals surface area contributed by atoms with Crippen molar-refractivity contribution in [1.82, 2.24) is 9.80 Å². The lowest BCUT2D eigenvalue weighted by molar-refractivity contribution is 0.0864. The second-order valence-corrected chi connectivity index (χ2v) is 6.24. The van der Waals surface area contributed by atoms with Gasteiger partial charge in [-0.1, -0.05) is 20.3 Å². The molecular formula is C15H33N3. The molecule has 0 aromatic rings. The van der Waals surface area contributed by atoms with Crippen molar-refractivity contribution < 1.29 is 0 Å². The zero-order valence-electron chi connectivity index (χ0n) is 12.9. The third-order valence-electron chi connectivity index (χ3n) is 4.63. The first-order chi connectivity index (χ1) is 8.57. The minimum atomic E-state index is 0.298. The molecule has 2 unspecified atom stereocenters. The maximum atomic E-state index is 6.17. The summed E-state index contributed by atoms with van der Waals surface area (Å²) in [7, 11) is 4.31. The summed E-state index contributed by atoms with van der Waals surface area (Å²) in [4.78, 5) is 4.96. The Kier molecular flexibility index (Phi) is 6.61. The molecule has 1 aliphatic rings. The van der Waals surface area contributed by atoms with Gasteiger partial charge in [-0.2, -0.15) is 0 Å². The van der Waals surface area contributed by atoms with Crippen LogP contribution in [0.1, 0.15) is 46.0 Å². The van der Waals surface area contributed by atoms with E-state index in [1.165, 1.54) is 38.6 Å². The fraction of sp³-hybridized carbons (Fsp3) is 1.00. The van der Waals surface area contributed by atoms with Gasteiger partial charge in [0.05, 0.1) is 0 Å². The van der Waals surface area contributed by atoms with E-state index in [0.717, 1.165) is 25.6 Å². The molecule has 0 saturated heterocycles. The van der Waals surface area contributed by atoms with Gasteiger partial charge in [-0.05, 0) is 52.2 Å². The normalized spacial score (nSPS) is 28.5. The molecule has 1 fully saturated rings. The van der Waals surface area contributed by atoms with Gasteiger partial charge in [-0.3, -0.25) is 4.90 Å². The van der Waals surface area contributed by atoms with Crippen LogP contribution in [-0.2, 0) is 0 Å². The van der Waals surface area contributed by atoms with Crippen LogP contribution in [0, 0.1) is 5.92 Å². The van der Waals surface area contributed by atoms with Gasteiger partial charge < -0.3 is 10.6 Å². The standard InChI is InChI=1S/C15H33N3/c1-5-9-18(11-10-17(3)4)15(13-16)8-7-14(6-2)12-15/h14H,5-13,16H2,1-4H3. The van der Waals surface area contributed by atoms with E-state index in [0.29, 0.717) is 5.54 Å². The predicted octanol–water partition coefficient (Wildman–Crippen LogP) is 2.17. The molecule has 18 heavy (non-hydrogen) atoms. The van der Waals surface area contributed by atoms with Crippen molar-refractivity contribution in [3.8, 4) is 0 Å². The molecule has 0 aromatic heterocycles. The highest BCUT2D eigenvalue weighted by atomic mass is 15.2. The quantitative estimate of drug-likeness (QED) is 0.721. The highest BCUT2D eigenvalue weighted by Gasteiger charge is 2.41. The number of hydrogen-bond donors (Lipinski definition) is 1. The van der Waals surface area contributed by atoms with Gasteiger partial charge in [0, 0.05) is 25.2 Å². The number of nitrogens with zero attached hydrogens (tertiary/aromatic N) is 2. The van der Waals surface area contributed by atoms with Gasteiger partial charge in [-0.25, -0.2) is 0 Å². The molecule has 2 N–H and O–H groups in total. The summed E-state index contributed by atoms with van der Waals surface area (Å²) in [6, 6.07) is 0. The number of rotatable bonds is 8. The molecule has 1 saturated carbocycles. The Bertz CT molecular complexity index is 230. The maximum absolute atomic E-state index is 6.17. The summed E-state index contributed by atoms with van der Waals surface area (Å²) in [6.45, 7) is 8.92. The number of hydrogen-bond acceptors (Lipinski definition) is 3. The van der Waals surface area contributed by atoms with Crippen LogP contribution < -0.4 is 5.73 Å². The Morgan fingerprint density at radius 1 is 1.17 bits per heavy atom. The fourth-order valence-electron chi connectivity index (χ4n) is 3.34. The van der Waals surface area contributed by atoms with Gasteiger partial charge in [0.25, 0.3) is 0 Å². The molecule has 0 bridgehead atoms. The molecule has 0 aliphatic heterocycles. The monoisotopic (exact) mass is 255 g/mol. The van der Waals surface area contributed by atoms with E-state index < -0.39 is 0 Å². The lowest BCUT2D eigenvalue weighted by Gasteiger charge is -2.41. The average Bonchev–Trinajstić information content (AvgIpc) is 2.79. The third-order valence-corrected chi connectivity index (χ3v) is 4.63. The summed E-state index contributed by atoms with van der Waals surface area (Å²) in [5.41, 5.74) is 6.47. The number of nitrogens with two attached hydrogens (primary N) is 1. The van der Waals surface area contributed by atoms with Crippen LogP contribution in [0.4, 0.5) is 0 Å². The van der Waals surface area contributed by atoms with Crippen LogP contribution in [0.15, 0.2) is 0 Å². The van der Waals surface area contributed by atoms with Crippen LogP contribution in [-0.4, -0.2) is 55.6 Å². The largest absolute Gasteiger partial charge is 0.329 e. The Morgan fingerprint density at radius 2 is 1.89 bits per heavy atom. The van der Waals surface area contributed by atoms with Gasteiger partial charge in [0.1, 0.15) is 0 Å². The minimum Gasteiger partial charge on any atom is -0.329 e. The van der Waals surface area contributed by atoms with E-state index in [9.17, 15) is 0 Å². The van der Waals surface area contributed by atoms with Crippen LogP contribution >= 0.6 is 0 Å². The zero-order valence-corrected chi connectivity index (χ0v) is 12.9. The molecule has 3 heteroatoms. The lowest BCUT2D eigenvalue weighted by atomic mass is 9.92. The second kappa shape index (κ2) is 7.46. The Labute approximate surface area is 114 Å². The van der Waals surface area contributed by atoms with Gasteiger partial charge in [0.2, 0.25) is 0 Å². The first kappa shape index (κ1) is 15.9. The van der Waals surface area contributed by atoms with Gasteiger partial charge in [0.15, 0.2) is 0 Å². The van der Waals surface area contributed by atoms with Crippen molar-refractivity contribution in [1.29, 1.82) is 0 Å². The summed E-state index contributed by atoms with van der Waals surface area (Å²) in [6.07, 6.45) is 6.53. The van der Waals surface area contributed by atoms with Crippen LogP contribution in [0.5, 0.6) is 0 Å². The van der Waals surface area contributed by atoms with Crippen molar-refractivity contribution in [3.05, 3.63) is 0 Å². The highest BCUT2D eigenvalue weighted by Crippen LogP contribution is 2.39. The summed E-state index contributed by atoms with van der Waals surface area (Å²) in [5, 5.41) is 0. The highest BCUT2D eigenvalue weighted by molar-refractivity contribution is 4.98. The zero-order chi connectivity index (χ0) is 13.6. The maximum Gasteiger partial charge on any atom is 0.0335 e. The predicted molar refractivity (Wildman–Crippen MR) is 79.8 cm³/mol. The van der Waals surface area contributed by atoms with Crippen molar-refractivity contribution in [2.75, 3.05) is 40.3 Å². The number of likely N-dealkylation sites (N-methyl/N-ethyl adjacent to an activating group) is 1. The van der Waals surface area contributed by atoms with E-state index in [1.54, 1.807) is 0 Å². The van der Waals surface area contributed by atoms with E-state index in [-0.39, 0.29) is 0 Å². The van der Waals surface area contributed by atoms with Crippen molar-refractivity contribution >= 4 is 0 Å². The van der Waals surface area contributed by atoms with Crippen molar-refractivity contribution in [3.63, 3.8) is 0 Å². The van der Waals surface area contributed by atoms with E-state index in [2.05, 4.69) is 37.7 Å². The Balaban J connectivity index is 2.67. The molecule has 3 nitrogen and oxygen atoms in total. The molecule has 0 aromatic carbocycles. The molecule has 0 radical (unpaired) electrons. The molecule has 2 atom stereocenters. The first-order valence-corrected chi connectivity index (χ1v) is 7.67. The van der Waals surface area contributed by atoms with Gasteiger partial charge >= 0.3 is 0 Å². The van der Waals surface area contributed by atoms with Crippen molar-refractivity contribution in [2.24, 2.45) is 11.7 Å². The van der Waals surface area contributed by atoms with Crippen LogP contribution in [0.2, 0.25) is 0 Å². The lowest BCUT2D eigenvalue weighted by Crippen LogP contribution is -2.54. The Morgan fingerprint density at radius 3 is 2.33 bits per heavy atom. The molecular weight excluding hydrogens is 222 g/mol. The molecule has 108 valence electrons. The third kappa shape index (κ3) is 3.94. The fourth-order valence-corrected chi connectivity index (χ4v) is 3.34. The van der Waals surface area contributed by atoms with E-state index >= 15 is 0 Å². The van der Waals surface area contributed by atoms with Crippen molar-refractivity contribution in [2.45, 2.75) is 51.5 Å². The minimum absolute atomic E-state index is 0.298. The molecule has 0 spiro atoms. The molecule has 0 amide bonds. The first-order valence-electron chi connectivity index (χ1n) is 7.67. The van der Waals surface area contributed by atoms with Crippen LogP contribution in [0.25, 0.3) is 0 Å². The van der Waals surface area contributed by atoms with Gasteiger partial charge in [-0.15, -0.1) is 0 Å². The average molecular weight is 255 g/mol. The molecule has 1 rings (SSSR count).